The summed E-state index contributed by atoms with van der Waals surface area (Å²) in [5.74, 6) is 0.229. The Morgan fingerprint density at radius 2 is 2.50 bits per heavy atom. The number of allylic oxidation sites excluding steroid dienone is 2. The Morgan fingerprint density at radius 1 is 1.71 bits per heavy atom. The van der Waals surface area contributed by atoms with Crippen molar-refractivity contribution in [1.29, 1.82) is 0 Å². The molecule has 1 saturated carbocycles. The zero-order valence-corrected chi connectivity index (χ0v) is 9.01. The first kappa shape index (κ1) is 9.75. The molecule has 2 heteroatoms. The Labute approximate surface area is 85.3 Å². The van der Waals surface area contributed by atoms with E-state index in [-0.39, 0.29) is 11.9 Å². The fourth-order valence-electron chi connectivity index (χ4n) is 2.45. The lowest BCUT2D eigenvalue weighted by molar-refractivity contribution is -0.145. The van der Waals surface area contributed by atoms with Crippen molar-refractivity contribution in [3.63, 3.8) is 0 Å². The highest BCUT2D eigenvalue weighted by atomic mass is 16.5. The van der Waals surface area contributed by atoms with Gasteiger partial charge in [0.1, 0.15) is 0 Å². The fourth-order valence-corrected chi connectivity index (χ4v) is 2.45. The standard InChI is InChI=1S/C12H18O2/c1-3-14-11(13)10-8-12(10)6-4-9(2)5-7-12/h4,10H,3,5-8H2,1-2H3. The summed E-state index contributed by atoms with van der Waals surface area (Å²) in [6.07, 6.45) is 6.77. The molecule has 0 N–H and O–H groups in total. The largest absolute Gasteiger partial charge is 0.466 e. The van der Waals surface area contributed by atoms with Gasteiger partial charge < -0.3 is 4.74 Å². The number of hydrogen-bond donors (Lipinski definition) is 0. The zero-order valence-electron chi connectivity index (χ0n) is 9.01. The maximum Gasteiger partial charge on any atom is 0.309 e. The van der Waals surface area contributed by atoms with Crippen LogP contribution in [0.25, 0.3) is 0 Å². The smallest absolute Gasteiger partial charge is 0.309 e. The van der Waals surface area contributed by atoms with Gasteiger partial charge in [-0.15, -0.1) is 0 Å². The van der Waals surface area contributed by atoms with Gasteiger partial charge in [-0.1, -0.05) is 11.6 Å². The molecule has 78 valence electrons. The molecule has 0 saturated heterocycles. The Hall–Kier alpha value is -0.790. The van der Waals surface area contributed by atoms with Crippen LogP contribution in [0.3, 0.4) is 0 Å². The summed E-state index contributed by atoms with van der Waals surface area (Å²) in [4.78, 5) is 11.5. The predicted octanol–water partition coefficient (Wildman–Crippen LogP) is 2.69. The monoisotopic (exact) mass is 194 g/mol. The van der Waals surface area contributed by atoms with Crippen molar-refractivity contribution in [1.82, 2.24) is 0 Å². The summed E-state index contributed by atoms with van der Waals surface area (Å²) in [5.41, 5.74) is 1.77. The maximum atomic E-state index is 11.5. The summed E-state index contributed by atoms with van der Waals surface area (Å²) in [5, 5.41) is 0. The normalized spacial score (nSPS) is 35.3. The zero-order chi connectivity index (χ0) is 10.2. The highest BCUT2D eigenvalue weighted by Gasteiger charge is 2.58. The number of carbonyl (C=O) groups excluding carboxylic acids is 1. The third-order valence-electron chi connectivity index (χ3n) is 3.64. The highest BCUT2D eigenvalue weighted by molar-refractivity contribution is 5.77. The van der Waals surface area contributed by atoms with Gasteiger partial charge in [-0.3, -0.25) is 4.79 Å². The third kappa shape index (κ3) is 1.58. The predicted molar refractivity (Wildman–Crippen MR) is 54.8 cm³/mol. The Morgan fingerprint density at radius 3 is 3.07 bits per heavy atom. The Bertz CT molecular complexity index is 280. The molecule has 14 heavy (non-hydrogen) atoms. The van der Waals surface area contributed by atoms with E-state index in [0.29, 0.717) is 12.0 Å². The number of carbonyl (C=O) groups is 1. The van der Waals surface area contributed by atoms with Crippen LogP contribution in [0.15, 0.2) is 11.6 Å². The number of rotatable bonds is 2. The summed E-state index contributed by atoms with van der Waals surface area (Å²) >= 11 is 0. The first-order valence-corrected chi connectivity index (χ1v) is 5.50. The van der Waals surface area contributed by atoms with Gasteiger partial charge in [0.15, 0.2) is 0 Å². The fraction of sp³-hybridized carbons (Fsp3) is 0.750. The van der Waals surface area contributed by atoms with Crippen LogP contribution in [0, 0.1) is 11.3 Å². The molecule has 2 aliphatic rings. The first-order chi connectivity index (χ1) is 6.68. The molecule has 0 amide bonds. The topological polar surface area (TPSA) is 26.3 Å². The van der Waals surface area contributed by atoms with Crippen molar-refractivity contribution in [3.05, 3.63) is 11.6 Å². The molecule has 0 aromatic carbocycles. The second kappa shape index (κ2) is 3.41. The van der Waals surface area contributed by atoms with Crippen LogP contribution < -0.4 is 0 Å². The minimum atomic E-state index is 0.0282. The van der Waals surface area contributed by atoms with Crippen LogP contribution in [0.5, 0.6) is 0 Å². The molecule has 1 fully saturated rings. The summed E-state index contributed by atoms with van der Waals surface area (Å²) in [7, 11) is 0. The lowest BCUT2D eigenvalue weighted by atomic mass is 9.85. The van der Waals surface area contributed by atoms with Gasteiger partial charge in [0.25, 0.3) is 0 Å². The number of hydrogen-bond acceptors (Lipinski definition) is 2. The van der Waals surface area contributed by atoms with Gasteiger partial charge in [-0.2, -0.15) is 0 Å². The Balaban J connectivity index is 1.94. The Kier molecular flexibility index (Phi) is 2.38. The van der Waals surface area contributed by atoms with Crippen LogP contribution in [0.1, 0.15) is 39.5 Å². The molecule has 0 aliphatic heterocycles. The summed E-state index contributed by atoms with van der Waals surface area (Å²) < 4.78 is 5.06. The molecule has 0 aromatic heterocycles. The average Bonchev–Trinajstić information content (AvgIpc) is 2.87. The molecule has 0 radical (unpaired) electrons. The molecule has 1 spiro atoms. The van der Waals surface area contributed by atoms with Crippen LogP contribution >= 0.6 is 0 Å². The average molecular weight is 194 g/mol. The van der Waals surface area contributed by atoms with E-state index in [0.717, 1.165) is 19.3 Å². The van der Waals surface area contributed by atoms with E-state index in [9.17, 15) is 4.79 Å². The van der Waals surface area contributed by atoms with Crippen molar-refractivity contribution in [2.45, 2.75) is 39.5 Å². The third-order valence-corrected chi connectivity index (χ3v) is 3.64. The van der Waals surface area contributed by atoms with Gasteiger partial charge in [0, 0.05) is 0 Å². The quantitative estimate of drug-likeness (QED) is 0.499. The van der Waals surface area contributed by atoms with Crippen LogP contribution in [0.2, 0.25) is 0 Å². The molecule has 2 atom stereocenters. The molecule has 0 bridgehead atoms. The minimum absolute atomic E-state index is 0.0282. The van der Waals surface area contributed by atoms with E-state index in [1.165, 1.54) is 12.0 Å². The lowest BCUT2D eigenvalue weighted by Crippen LogP contribution is -2.15. The van der Waals surface area contributed by atoms with Crippen molar-refractivity contribution in [3.8, 4) is 0 Å². The molecular formula is C12H18O2. The molecule has 0 aromatic rings. The maximum absolute atomic E-state index is 11.5. The van der Waals surface area contributed by atoms with E-state index in [4.69, 9.17) is 4.74 Å². The summed E-state index contributed by atoms with van der Waals surface area (Å²) in [6, 6.07) is 0. The van der Waals surface area contributed by atoms with Crippen molar-refractivity contribution in [2.24, 2.45) is 11.3 Å². The summed E-state index contributed by atoms with van der Waals surface area (Å²) in [6.45, 7) is 4.56. The van der Waals surface area contributed by atoms with Gasteiger partial charge in [-0.05, 0) is 44.9 Å². The molecule has 2 nitrogen and oxygen atoms in total. The first-order valence-electron chi connectivity index (χ1n) is 5.50. The lowest BCUT2D eigenvalue weighted by Gasteiger charge is -2.20. The molecular weight excluding hydrogens is 176 g/mol. The second-order valence-electron chi connectivity index (χ2n) is 4.63. The van der Waals surface area contributed by atoms with Gasteiger partial charge in [0.2, 0.25) is 0 Å². The molecule has 0 heterocycles. The molecule has 2 unspecified atom stereocenters. The van der Waals surface area contributed by atoms with E-state index >= 15 is 0 Å². The minimum Gasteiger partial charge on any atom is -0.466 e. The number of ether oxygens (including phenoxy) is 1. The molecule has 2 rings (SSSR count). The van der Waals surface area contributed by atoms with E-state index in [1.54, 1.807) is 0 Å². The van der Waals surface area contributed by atoms with Crippen molar-refractivity contribution < 1.29 is 9.53 Å². The van der Waals surface area contributed by atoms with Crippen molar-refractivity contribution in [2.75, 3.05) is 6.61 Å². The van der Waals surface area contributed by atoms with Gasteiger partial charge in [0.05, 0.1) is 12.5 Å². The SMILES string of the molecule is CCOC(=O)C1CC12CC=C(C)CC2. The number of esters is 1. The van der Waals surface area contributed by atoms with Crippen LogP contribution in [-0.4, -0.2) is 12.6 Å². The van der Waals surface area contributed by atoms with Crippen LogP contribution in [-0.2, 0) is 9.53 Å². The second-order valence-corrected chi connectivity index (χ2v) is 4.63. The van der Waals surface area contributed by atoms with Gasteiger partial charge >= 0.3 is 5.97 Å². The van der Waals surface area contributed by atoms with Gasteiger partial charge in [-0.25, -0.2) is 0 Å². The highest BCUT2D eigenvalue weighted by Crippen LogP contribution is 2.61. The van der Waals surface area contributed by atoms with Crippen LogP contribution in [0.4, 0.5) is 0 Å². The van der Waals surface area contributed by atoms with E-state index in [1.807, 2.05) is 6.92 Å². The van der Waals surface area contributed by atoms with Crippen molar-refractivity contribution >= 4 is 5.97 Å². The van der Waals surface area contributed by atoms with E-state index < -0.39 is 0 Å². The molecule has 2 aliphatic carbocycles. The van der Waals surface area contributed by atoms with E-state index in [2.05, 4.69) is 13.0 Å².